The molecule has 0 spiro atoms. The van der Waals surface area contributed by atoms with Crippen LogP contribution in [0.4, 0.5) is 5.82 Å². The minimum Gasteiger partial charge on any atom is -0.482 e. The second kappa shape index (κ2) is 6.81. The van der Waals surface area contributed by atoms with Crippen LogP contribution in [0.15, 0.2) is 30.5 Å². The van der Waals surface area contributed by atoms with E-state index in [9.17, 15) is 4.79 Å². The maximum absolute atomic E-state index is 12.1. The Bertz CT molecular complexity index is 713. The molecule has 3 rings (SSSR count). The summed E-state index contributed by atoms with van der Waals surface area (Å²) in [5.74, 6) is 1.43. The highest BCUT2D eigenvalue weighted by atomic mass is 35.5. The number of benzene rings is 1. The molecule has 0 radical (unpaired) electrons. The molecule has 1 N–H and O–H groups in total. The lowest BCUT2D eigenvalue weighted by Crippen LogP contribution is -2.23. The molecule has 5 nitrogen and oxygen atoms in total. The number of halogens is 2. The summed E-state index contributed by atoms with van der Waals surface area (Å²) in [5.41, 5.74) is 0. The van der Waals surface area contributed by atoms with Crippen LogP contribution in [0.5, 0.6) is 5.75 Å². The Morgan fingerprint density at radius 3 is 2.96 bits per heavy atom. The van der Waals surface area contributed by atoms with E-state index in [2.05, 4.69) is 17.3 Å². The molecule has 1 heterocycles. The molecule has 1 aromatic heterocycles. The molecule has 1 aromatic carbocycles. The van der Waals surface area contributed by atoms with Gasteiger partial charge in [0.2, 0.25) is 0 Å². The first-order valence-electron chi connectivity index (χ1n) is 7.46. The van der Waals surface area contributed by atoms with E-state index in [0.717, 1.165) is 0 Å². The van der Waals surface area contributed by atoms with Crippen LogP contribution < -0.4 is 10.1 Å². The molecule has 23 heavy (non-hydrogen) atoms. The number of nitrogens with zero attached hydrogens (tertiary/aromatic N) is 2. The molecule has 0 bridgehead atoms. The summed E-state index contributed by atoms with van der Waals surface area (Å²) >= 11 is 11.9. The van der Waals surface area contributed by atoms with E-state index in [-0.39, 0.29) is 18.6 Å². The predicted molar refractivity (Wildman–Crippen MR) is 90.2 cm³/mol. The zero-order chi connectivity index (χ0) is 16.4. The third-order valence-corrected chi connectivity index (χ3v) is 4.43. The maximum atomic E-state index is 12.1. The van der Waals surface area contributed by atoms with Gasteiger partial charge < -0.3 is 10.1 Å². The van der Waals surface area contributed by atoms with Crippen molar-refractivity contribution < 1.29 is 9.53 Å². The van der Waals surface area contributed by atoms with Crippen molar-refractivity contribution in [1.82, 2.24) is 9.78 Å². The van der Waals surface area contributed by atoms with E-state index in [4.69, 9.17) is 27.9 Å². The predicted octanol–water partition coefficient (Wildman–Crippen LogP) is 4.18. The van der Waals surface area contributed by atoms with E-state index in [1.54, 1.807) is 30.5 Å². The third-order valence-electron chi connectivity index (χ3n) is 3.88. The first-order chi connectivity index (χ1) is 11.0. The molecule has 1 unspecified atom stereocenters. The number of anilines is 1. The number of carbonyl (C=O) groups excluding carboxylic acids is 1. The summed E-state index contributed by atoms with van der Waals surface area (Å²) < 4.78 is 7.28. The number of hydrogen-bond donors (Lipinski definition) is 1. The Hall–Kier alpha value is -1.72. The number of hydrogen-bond acceptors (Lipinski definition) is 3. The number of nitrogens with one attached hydrogen (secondary N) is 1. The summed E-state index contributed by atoms with van der Waals surface area (Å²) in [6, 6.07) is 6.93. The maximum Gasteiger partial charge on any atom is 0.263 e. The average Bonchev–Trinajstić information content (AvgIpc) is 3.28. The highest BCUT2D eigenvalue weighted by molar-refractivity contribution is 6.34. The molecule has 1 aliphatic carbocycles. The van der Waals surface area contributed by atoms with Gasteiger partial charge >= 0.3 is 0 Å². The first kappa shape index (κ1) is 16.1. The van der Waals surface area contributed by atoms with Crippen molar-refractivity contribution in [3.63, 3.8) is 0 Å². The fraction of sp³-hybridized carbons (Fsp3) is 0.375. The number of ether oxygens (including phenoxy) is 1. The van der Waals surface area contributed by atoms with Crippen LogP contribution in [-0.2, 0) is 4.79 Å². The molecule has 1 amide bonds. The minimum absolute atomic E-state index is 0.150. The molecular weight excluding hydrogens is 337 g/mol. The lowest BCUT2D eigenvalue weighted by atomic mass is 10.2. The third kappa shape index (κ3) is 3.98. The molecular formula is C16H17Cl2N3O2. The number of rotatable bonds is 6. The van der Waals surface area contributed by atoms with Crippen molar-refractivity contribution >= 4 is 34.9 Å². The average molecular weight is 354 g/mol. The quantitative estimate of drug-likeness (QED) is 0.847. The van der Waals surface area contributed by atoms with E-state index >= 15 is 0 Å². The van der Waals surface area contributed by atoms with Crippen molar-refractivity contribution in [2.45, 2.75) is 25.8 Å². The molecule has 1 fully saturated rings. The van der Waals surface area contributed by atoms with Crippen molar-refractivity contribution in [2.75, 3.05) is 11.9 Å². The number of aromatic nitrogens is 2. The fourth-order valence-electron chi connectivity index (χ4n) is 2.43. The van der Waals surface area contributed by atoms with Crippen LogP contribution in [0.3, 0.4) is 0 Å². The van der Waals surface area contributed by atoms with Gasteiger partial charge in [0.05, 0.1) is 17.3 Å². The van der Waals surface area contributed by atoms with Gasteiger partial charge in [-0.05, 0) is 37.8 Å². The van der Waals surface area contributed by atoms with Crippen molar-refractivity contribution in [2.24, 2.45) is 5.92 Å². The molecule has 0 saturated heterocycles. The highest BCUT2D eigenvalue weighted by Gasteiger charge is 2.30. The van der Waals surface area contributed by atoms with Gasteiger partial charge in [0.1, 0.15) is 11.6 Å². The monoisotopic (exact) mass is 353 g/mol. The standard InChI is InChI=1S/C16H17Cl2N3O2/c1-10(11-2-3-11)21-15(6-7-19-21)20-16(22)9-23-14-8-12(17)4-5-13(14)18/h4-8,10-11H,2-3,9H2,1H3,(H,20,22). The molecule has 1 saturated carbocycles. The summed E-state index contributed by atoms with van der Waals surface area (Å²) in [5, 5.41) is 8.03. The second-order valence-electron chi connectivity index (χ2n) is 5.65. The Morgan fingerprint density at radius 2 is 2.22 bits per heavy atom. The van der Waals surface area contributed by atoms with Crippen molar-refractivity contribution in [1.29, 1.82) is 0 Å². The Balaban J connectivity index is 1.59. The van der Waals surface area contributed by atoms with Crippen LogP contribution in [-0.4, -0.2) is 22.3 Å². The molecule has 1 aliphatic rings. The lowest BCUT2D eigenvalue weighted by molar-refractivity contribution is -0.118. The summed E-state index contributed by atoms with van der Waals surface area (Å²) in [6.45, 7) is 1.96. The van der Waals surface area contributed by atoms with Gasteiger partial charge in [-0.1, -0.05) is 23.2 Å². The van der Waals surface area contributed by atoms with E-state index in [1.807, 2.05) is 4.68 Å². The minimum atomic E-state index is -0.272. The van der Waals surface area contributed by atoms with Crippen LogP contribution in [0.1, 0.15) is 25.8 Å². The SMILES string of the molecule is CC(C1CC1)n1nccc1NC(=O)COc1cc(Cl)ccc1Cl. The summed E-state index contributed by atoms with van der Waals surface area (Å²) in [7, 11) is 0. The Morgan fingerprint density at radius 1 is 1.43 bits per heavy atom. The van der Waals surface area contributed by atoms with Crippen molar-refractivity contribution in [3.8, 4) is 5.75 Å². The smallest absolute Gasteiger partial charge is 0.263 e. The zero-order valence-electron chi connectivity index (χ0n) is 12.6. The second-order valence-corrected chi connectivity index (χ2v) is 6.49. The van der Waals surface area contributed by atoms with E-state index < -0.39 is 0 Å². The molecule has 0 aliphatic heterocycles. The molecule has 7 heteroatoms. The van der Waals surface area contributed by atoms with E-state index in [1.165, 1.54) is 12.8 Å². The van der Waals surface area contributed by atoms with Crippen LogP contribution in [0.25, 0.3) is 0 Å². The van der Waals surface area contributed by atoms with Crippen LogP contribution in [0.2, 0.25) is 10.0 Å². The topological polar surface area (TPSA) is 56.2 Å². The fourth-order valence-corrected chi connectivity index (χ4v) is 2.76. The molecule has 1 atom stereocenters. The molecule has 122 valence electrons. The molecule has 2 aromatic rings. The van der Waals surface area contributed by atoms with Gasteiger partial charge in [-0.3, -0.25) is 4.79 Å². The Kier molecular flexibility index (Phi) is 4.78. The summed E-state index contributed by atoms with van der Waals surface area (Å²) in [4.78, 5) is 12.1. The van der Waals surface area contributed by atoms with Gasteiger partial charge in [-0.25, -0.2) is 4.68 Å². The first-order valence-corrected chi connectivity index (χ1v) is 8.21. The van der Waals surface area contributed by atoms with Gasteiger partial charge in [0, 0.05) is 17.2 Å². The summed E-state index contributed by atoms with van der Waals surface area (Å²) in [6.07, 6.45) is 4.11. The highest BCUT2D eigenvalue weighted by Crippen LogP contribution is 2.40. The zero-order valence-corrected chi connectivity index (χ0v) is 14.1. The largest absolute Gasteiger partial charge is 0.482 e. The van der Waals surface area contributed by atoms with Gasteiger partial charge in [-0.15, -0.1) is 0 Å². The van der Waals surface area contributed by atoms with Crippen LogP contribution >= 0.6 is 23.2 Å². The normalized spacial score (nSPS) is 15.3. The van der Waals surface area contributed by atoms with Gasteiger partial charge in [0.25, 0.3) is 5.91 Å². The van der Waals surface area contributed by atoms with E-state index in [0.29, 0.717) is 27.5 Å². The van der Waals surface area contributed by atoms with Crippen molar-refractivity contribution in [3.05, 3.63) is 40.5 Å². The number of carbonyl (C=O) groups is 1. The van der Waals surface area contributed by atoms with Gasteiger partial charge in [-0.2, -0.15) is 5.10 Å². The Labute approximate surface area is 144 Å². The number of amides is 1. The van der Waals surface area contributed by atoms with Gasteiger partial charge in [0.15, 0.2) is 6.61 Å². The van der Waals surface area contributed by atoms with Crippen LogP contribution in [0, 0.1) is 5.92 Å². The lowest BCUT2D eigenvalue weighted by Gasteiger charge is -2.15.